The Bertz CT molecular complexity index is 277. The lowest BCUT2D eigenvalue weighted by atomic mass is 10.0. The average molecular weight is 299 g/mol. The first-order valence-corrected chi connectivity index (χ1v) is 8.45. The zero-order valence-corrected chi connectivity index (χ0v) is 13.6. The smallest absolute Gasteiger partial charge is 0.335 e. The molecule has 0 aromatic rings. The third kappa shape index (κ3) is 16.7. The first-order valence-electron chi connectivity index (χ1n) is 8.45. The number of oxime groups is 1. The first kappa shape index (κ1) is 19.7. The summed E-state index contributed by atoms with van der Waals surface area (Å²) in [5.41, 5.74) is 10.1. The molecular formula is C16H33N3O2. The summed E-state index contributed by atoms with van der Waals surface area (Å²) in [6.07, 6.45) is 15.6. The van der Waals surface area contributed by atoms with E-state index >= 15 is 0 Å². The molecule has 0 aliphatic heterocycles. The van der Waals surface area contributed by atoms with Gasteiger partial charge in [-0.3, -0.25) is 0 Å². The summed E-state index contributed by atoms with van der Waals surface area (Å²) in [6.45, 7) is 2.25. The van der Waals surface area contributed by atoms with Crippen LogP contribution in [0.4, 0.5) is 0 Å². The minimum Gasteiger partial charge on any atom is -0.367 e. The van der Waals surface area contributed by atoms with Gasteiger partial charge in [-0.25, -0.2) is 4.79 Å². The predicted octanol–water partition coefficient (Wildman–Crippen LogP) is 3.81. The molecule has 0 aliphatic carbocycles. The maximum absolute atomic E-state index is 11.2. The van der Waals surface area contributed by atoms with Gasteiger partial charge in [-0.05, 0) is 11.6 Å². The molecule has 0 aromatic heterocycles. The van der Waals surface area contributed by atoms with Crippen LogP contribution < -0.4 is 11.5 Å². The summed E-state index contributed by atoms with van der Waals surface area (Å²) >= 11 is 0. The van der Waals surface area contributed by atoms with Crippen LogP contribution >= 0.6 is 0 Å². The van der Waals surface area contributed by atoms with Crippen LogP contribution in [-0.2, 0) is 9.63 Å². The zero-order valence-electron chi connectivity index (χ0n) is 13.6. The molecule has 0 saturated carbocycles. The van der Waals surface area contributed by atoms with Gasteiger partial charge in [0.25, 0.3) is 0 Å². The number of nitrogens with two attached hydrogens (primary N) is 2. The van der Waals surface area contributed by atoms with Crippen LogP contribution in [-0.4, -0.2) is 11.9 Å². The highest BCUT2D eigenvalue weighted by atomic mass is 16.7. The summed E-state index contributed by atoms with van der Waals surface area (Å²) in [6, 6.07) is 0. The number of rotatable bonds is 14. The fraction of sp³-hybridized carbons (Fsp3) is 0.875. The van der Waals surface area contributed by atoms with Crippen molar-refractivity contribution < 1.29 is 9.63 Å². The SMILES string of the molecule is CCCCCCCCCCCCCCC(=O)ON=C(N)N. The van der Waals surface area contributed by atoms with E-state index in [0.29, 0.717) is 6.42 Å². The van der Waals surface area contributed by atoms with E-state index < -0.39 is 0 Å². The highest BCUT2D eigenvalue weighted by molar-refractivity contribution is 5.77. The van der Waals surface area contributed by atoms with Crippen molar-refractivity contribution in [2.75, 3.05) is 0 Å². The van der Waals surface area contributed by atoms with E-state index in [0.717, 1.165) is 12.8 Å². The van der Waals surface area contributed by atoms with Gasteiger partial charge < -0.3 is 16.3 Å². The van der Waals surface area contributed by atoms with Gasteiger partial charge in [0.1, 0.15) is 0 Å². The normalized spacial score (nSPS) is 10.3. The molecule has 5 nitrogen and oxygen atoms in total. The summed E-state index contributed by atoms with van der Waals surface area (Å²) in [5.74, 6) is -0.589. The number of unbranched alkanes of at least 4 members (excludes halogenated alkanes) is 11. The number of carbonyl (C=O) groups excluding carboxylic acids is 1. The lowest BCUT2D eigenvalue weighted by Gasteiger charge is -2.02. The lowest BCUT2D eigenvalue weighted by molar-refractivity contribution is -0.143. The first-order chi connectivity index (χ1) is 10.2. The van der Waals surface area contributed by atoms with Crippen LogP contribution in [0.15, 0.2) is 5.16 Å². The largest absolute Gasteiger partial charge is 0.367 e. The average Bonchev–Trinajstić information content (AvgIpc) is 2.46. The van der Waals surface area contributed by atoms with Crippen molar-refractivity contribution in [2.45, 2.75) is 90.4 Å². The standard InChI is InChI=1S/C16H33N3O2/c1-2-3-4-5-6-7-8-9-10-11-12-13-14-15(20)21-19-16(17)18/h2-14H2,1H3,(H4,17,18,19). The molecule has 0 unspecified atom stereocenters. The Morgan fingerprint density at radius 3 is 1.67 bits per heavy atom. The predicted molar refractivity (Wildman–Crippen MR) is 87.6 cm³/mol. The van der Waals surface area contributed by atoms with Gasteiger partial charge in [-0.1, -0.05) is 77.6 Å². The monoisotopic (exact) mass is 299 g/mol. The maximum atomic E-state index is 11.2. The van der Waals surface area contributed by atoms with Crippen LogP contribution in [0.2, 0.25) is 0 Å². The third-order valence-corrected chi connectivity index (χ3v) is 3.49. The topological polar surface area (TPSA) is 90.7 Å². The van der Waals surface area contributed by atoms with Crippen molar-refractivity contribution in [3.63, 3.8) is 0 Å². The summed E-state index contributed by atoms with van der Waals surface area (Å²) in [7, 11) is 0. The molecule has 5 heteroatoms. The van der Waals surface area contributed by atoms with E-state index in [1.807, 2.05) is 0 Å². The Hall–Kier alpha value is -1.26. The molecule has 0 heterocycles. The van der Waals surface area contributed by atoms with Crippen molar-refractivity contribution >= 4 is 11.9 Å². The zero-order chi connectivity index (χ0) is 15.8. The van der Waals surface area contributed by atoms with Crippen LogP contribution in [0.25, 0.3) is 0 Å². The lowest BCUT2D eigenvalue weighted by Crippen LogP contribution is -2.23. The second-order valence-electron chi connectivity index (χ2n) is 5.62. The van der Waals surface area contributed by atoms with Gasteiger partial charge in [0.2, 0.25) is 5.96 Å². The highest BCUT2D eigenvalue weighted by Gasteiger charge is 2.02. The maximum Gasteiger partial charge on any atom is 0.335 e. The van der Waals surface area contributed by atoms with Crippen molar-refractivity contribution in [1.29, 1.82) is 0 Å². The van der Waals surface area contributed by atoms with E-state index in [1.165, 1.54) is 64.2 Å². The van der Waals surface area contributed by atoms with Gasteiger partial charge in [0, 0.05) is 6.42 Å². The molecule has 0 bridgehead atoms. The molecule has 0 spiro atoms. The van der Waals surface area contributed by atoms with Crippen molar-refractivity contribution in [3.8, 4) is 0 Å². The van der Waals surface area contributed by atoms with Gasteiger partial charge in [-0.2, -0.15) is 0 Å². The van der Waals surface area contributed by atoms with Gasteiger partial charge in [0.05, 0.1) is 0 Å². The quantitative estimate of drug-likeness (QED) is 0.168. The molecule has 0 saturated heterocycles. The van der Waals surface area contributed by atoms with E-state index in [4.69, 9.17) is 11.5 Å². The molecule has 0 amide bonds. The Morgan fingerprint density at radius 1 is 0.810 bits per heavy atom. The highest BCUT2D eigenvalue weighted by Crippen LogP contribution is 2.12. The minimum absolute atomic E-state index is 0.224. The van der Waals surface area contributed by atoms with E-state index in [2.05, 4.69) is 16.9 Å². The van der Waals surface area contributed by atoms with Crippen LogP contribution in [0.3, 0.4) is 0 Å². The Kier molecular flexibility index (Phi) is 14.2. The molecule has 0 aliphatic rings. The molecule has 0 fully saturated rings. The fourth-order valence-corrected chi connectivity index (χ4v) is 2.26. The minimum atomic E-state index is -0.365. The van der Waals surface area contributed by atoms with Crippen LogP contribution in [0.5, 0.6) is 0 Å². The number of nitrogens with zero attached hydrogens (tertiary/aromatic N) is 1. The second-order valence-corrected chi connectivity index (χ2v) is 5.62. The molecule has 21 heavy (non-hydrogen) atoms. The number of hydrogen-bond donors (Lipinski definition) is 2. The van der Waals surface area contributed by atoms with Gasteiger partial charge >= 0.3 is 5.97 Å². The number of guanidine groups is 1. The molecule has 0 radical (unpaired) electrons. The van der Waals surface area contributed by atoms with Gasteiger partial charge in [0.15, 0.2) is 0 Å². The summed E-state index contributed by atoms with van der Waals surface area (Å²) < 4.78 is 0. The fourth-order valence-electron chi connectivity index (χ4n) is 2.26. The molecule has 0 atom stereocenters. The summed E-state index contributed by atoms with van der Waals surface area (Å²) in [5, 5.41) is 3.22. The number of hydrogen-bond acceptors (Lipinski definition) is 3. The number of carbonyl (C=O) groups is 1. The molecule has 0 aromatic carbocycles. The van der Waals surface area contributed by atoms with Crippen molar-refractivity contribution in [1.82, 2.24) is 0 Å². The summed E-state index contributed by atoms with van der Waals surface area (Å²) in [4.78, 5) is 15.7. The molecule has 4 N–H and O–H groups in total. The van der Waals surface area contributed by atoms with E-state index in [1.54, 1.807) is 0 Å². The Morgan fingerprint density at radius 2 is 1.24 bits per heavy atom. The van der Waals surface area contributed by atoms with Gasteiger partial charge in [-0.15, -0.1) is 0 Å². The Balaban J connectivity index is 3.15. The third-order valence-electron chi connectivity index (χ3n) is 3.49. The molecule has 124 valence electrons. The molecule has 0 rings (SSSR count). The van der Waals surface area contributed by atoms with E-state index in [-0.39, 0.29) is 11.9 Å². The van der Waals surface area contributed by atoms with Crippen LogP contribution in [0.1, 0.15) is 90.4 Å². The van der Waals surface area contributed by atoms with Crippen molar-refractivity contribution in [3.05, 3.63) is 0 Å². The van der Waals surface area contributed by atoms with Crippen LogP contribution in [0, 0.1) is 0 Å². The van der Waals surface area contributed by atoms with Crippen molar-refractivity contribution in [2.24, 2.45) is 16.6 Å². The Labute approximate surface area is 129 Å². The van der Waals surface area contributed by atoms with E-state index in [9.17, 15) is 4.79 Å². The molecular weight excluding hydrogens is 266 g/mol. The second kappa shape index (κ2) is 15.1.